The molecule has 2 atom stereocenters. The second kappa shape index (κ2) is 2.68. The van der Waals surface area contributed by atoms with E-state index in [9.17, 15) is 4.79 Å². The first kappa shape index (κ1) is 8.31. The molecule has 1 fully saturated rings. The van der Waals surface area contributed by atoms with Crippen molar-refractivity contribution in [1.29, 1.82) is 0 Å². The van der Waals surface area contributed by atoms with Gasteiger partial charge in [0.2, 0.25) is 0 Å². The second-order valence-electron chi connectivity index (χ2n) is 3.26. The van der Waals surface area contributed by atoms with Crippen LogP contribution in [-0.2, 0) is 9.53 Å². The van der Waals surface area contributed by atoms with Crippen molar-refractivity contribution in [2.45, 2.75) is 32.8 Å². The molecule has 1 aliphatic rings. The van der Waals surface area contributed by atoms with Crippen molar-refractivity contribution in [3.05, 3.63) is 12.7 Å². The molecule has 0 spiro atoms. The van der Waals surface area contributed by atoms with Gasteiger partial charge in [-0.2, -0.15) is 0 Å². The Bertz CT molecular complexity index is 186. The van der Waals surface area contributed by atoms with Gasteiger partial charge in [-0.15, -0.1) is 6.58 Å². The van der Waals surface area contributed by atoms with Gasteiger partial charge in [0.1, 0.15) is 6.10 Å². The standard InChI is InChI=1S/C9H14O2/c1-4-7-6-9(3,5-2)8(10)11-7/h5,7H,2,4,6H2,1,3H3. The van der Waals surface area contributed by atoms with Gasteiger partial charge in [0.15, 0.2) is 0 Å². The zero-order valence-electron chi connectivity index (χ0n) is 7.09. The molecule has 0 aliphatic carbocycles. The quantitative estimate of drug-likeness (QED) is 0.448. The van der Waals surface area contributed by atoms with Crippen LogP contribution in [0.1, 0.15) is 26.7 Å². The first-order valence-corrected chi connectivity index (χ1v) is 3.97. The predicted octanol–water partition coefficient (Wildman–Crippen LogP) is 1.90. The van der Waals surface area contributed by atoms with Crippen molar-refractivity contribution in [2.75, 3.05) is 0 Å². The van der Waals surface area contributed by atoms with Crippen molar-refractivity contribution in [1.82, 2.24) is 0 Å². The molecule has 0 aromatic rings. The van der Waals surface area contributed by atoms with E-state index < -0.39 is 5.41 Å². The molecule has 0 bridgehead atoms. The van der Waals surface area contributed by atoms with Gasteiger partial charge in [-0.1, -0.05) is 13.0 Å². The fourth-order valence-corrected chi connectivity index (χ4v) is 1.28. The van der Waals surface area contributed by atoms with Crippen LogP contribution >= 0.6 is 0 Å². The Morgan fingerprint density at radius 1 is 1.91 bits per heavy atom. The number of hydrogen-bond acceptors (Lipinski definition) is 2. The summed E-state index contributed by atoms with van der Waals surface area (Å²) < 4.78 is 5.11. The molecule has 0 N–H and O–H groups in total. The van der Waals surface area contributed by atoms with E-state index in [1.54, 1.807) is 6.08 Å². The van der Waals surface area contributed by atoms with E-state index in [2.05, 4.69) is 6.58 Å². The molecule has 0 saturated carbocycles. The molecule has 0 aromatic heterocycles. The number of rotatable bonds is 2. The van der Waals surface area contributed by atoms with Crippen LogP contribution in [0, 0.1) is 5.41 Å². The molecule has 0 aromatic carbocycles. The molecule has 62 valence electrons. The average Bonchev–Trinajstić information content (AvgIpc) is 2.29. The lowest BCUT2D eigenvalue weighted by atomic mass is 9.87. The molecule has 1 rings (SSSR count). The van der Waals surface area contributed by atoms with Gasteiger partial charge in [0, 0.05) is 6.42 Å². The first-order valence-electron chi connectivity index (χ1n) is 3.97. The highest BCUT2D eigenvalue weighted by molar-refractivity contribution is 5.80. The maximum atomic E-state index is 11.2. The van der Waals surface area contributed by atoms with Crippen LogP contribution in [0.25, 0.3) is 0 Å². The van der Waals surface area contributed by atoms with E-state index in [-0.39, 0.29) is 12.1 Å². The molecule has 2 nitrogen and oxygen atoms in total. The summed E-state index contributed by atoms with van der Waals surface area (Å²) in [5.41, 5.74) is -0.430. The minimum absolute atomic E-state index is 0.102. The Morgan fingerprint density at radius 2 is 2.55 bits per heavy atom. The topological polar surface area (TPSA) is 26.3 Å². The molecule has 1 aliphatic heterocycles. The highest BCUT2D eigenvalue weighted by Crippen LogP contribution is 2.35. The van der Waals surface area contributed by atoms with E-state index in [1.165, 1.54) is 0 Å². The van der Waals surface area contributed by atoms with Crippen LogP contribution < -0.4 is 0 Å². The molecule has 1 saturated heterocycles. The van der Waals surface area contributed by atoms with Gasteiger partial charge in [0.05, 0.1) is 5.41 Å². The highest BCUT2D eigenvalue weighted by Gasteiger charge is 2.41. The van der Waals surface area contributed by atoms with Crippen molar-refractivity contribution in [3.8, 4) is 0 Å². The van der Waals surface area contributed by atoms with Gasteiger partial charge in [-0.25, -0.2) is 0 Å². The molecule has 2 unspecified atom stereocenters. The largest absolute Gasteiger partial charge is 0.462 e. The van der Waals surface area contributed by atoms with Crippen molar-refractivity contribution >= 4 is 5.97 Å². The lowest BCUT2D eigenvalue weighted by Crippen LogP contribution is -2.18. The number of cyclic esters (lactones) is 1. The van der Waals surface area contributed by atoms with E-state index in [0.29, 0.717) is 0 Å². The van der Waals surface area contributed by atoms with E-state index >= 15 is 0 Å². The Balaban J connectivity index is 2.72. The third-order valence-corrected chi connectivity index (χ3v) is 2.30. The maximum absolute atomic E-state index is 11.2. The van der Waals surface area contributed by atoms with Crippen LogP contribution in [0.4, 0.5) is 0 Å². The lowest BCUT2D eigenvalue weighted by Gasteiger charge is -2.10. The summed E-state index contributed by atoms with van der Waals surface area (Å²) in [4.78, 5) is 11.2. The monoisotopic (exact) mass is 154 g/mol. The minimum Gasteiger partial charge on any atom is -0.462 e. The number of hydrogen-bond donors (Lipinski definition) is 0. The van der Waals surface area contributed by atoms with Crippen molar-refractivity contribution < 1.29 is 9.53 Å². The molecule has 11 heavy (non-hydrogen) atoms. The molecular weight excluding hydrogens is 140 g/mol. The zero-order chi connectivity index (χ0) is 8.48. The number of esters is 1. The highest BCUT2D eigenvalue weighted by atomic mass is 16.6. The van der Waals surface area contributed by atoms with Gasteiger partial charge in [-0.05, 0) is 13.3 Å². The summed E-state index contributed by atoms with van der Waals surface area (Å²) in [5, 5.41) is 0. The number of ether oxygens (including phenoxy) is 1. The van der Waals surface area contributed by atoms with Gasteiger partial charge < -0.3 is 4.74 Å². The summed E-state index contributed by atoms with van der Waals surface area (Å²) in [6.45, 7) is 7.53. The van der Waals surface area contributed by atoms with Crippen LogP contribution in [0.15, 0.2) is 12.7 Å². The molecule has 2 heteroatoms. The van der Waals surface area contributed by atoms with Crippen molar-refractivity contribution in [3.63, 3.8) is 0 Å². The summed E-state index contributed by atoms with van der Waals surface area (Å²) in [7, 11) is 0. The predicted molar refractivity (Wildman–Crippen MR) is 43.1 cm³/mol. The summed E-state index contributed by atoms with van der Waals surface area (Å²) in [6, 6.07) is 0. The Labute approximate surface area is 67.2 Å². The molecule has 1 heterocycles. The smallest absolute Gasteiger partial charge is 0.316 e. The van der Waals surface area contributed by atoms with E-state index in [1.807, 2.05) is 13.8 Å². The van der Waals surface area contributed by atoms with E-state index in [0.717, 1.165) is 12.8 Å². The van der Waals surface area contributed by atoms with Gasteiger partial charge in [0.25, 0.3) is 0 Å². The van der Waals surface area contributed by atoms with Crippen LogP contribution in [0.5, 0.6) is 0 Å². The average molecular weight is 154 g/mol. The Hall–Kier alpha value is -0.790. The van der Waals surface area contributed by atoms with Crippen molar-refractivity contribution in [2.24, 2.45) is 5.41 Å². The normalized spacial score (nSPS) is 36.9. The zero-order valence-corrected chi connectivity index (χ0v) is 7.09. The van der Waals surface area contributed by atoms with Gasteiger partial charge in [-0.3, -0.25) is 4.79 Å². The number of carbonyl (C=O) groups excluding carboxylic acids is 1. The van der Waals surface area contributed by atoms with Crippen LogP contribution in [0.2, 0.25) is 0 Å². The molecule has 0 amide bonds. The second-order valence-corrected chi connectivity index (χ2v) is 3.26. The Kier molecular flexibility index (Phi) is 2.03. The van der Waals surface area contributed by atoms with Gasteiger partial charge >= 0.3 is 5.97 Å². The SMILES string of the molecule is C=CC1(C)CC(CC)OC1=O. The Morgan fingerprint density at radius 3 is 2.82 bits per heavy atom. The third kappa shape index (κ3) is 1.30. The summed E-state index contributed by atoms with van der Waals surface area (Å²) in [5.74, 6) is -0.126. The maximum Gasteiger partial charge on any atom is 0.316 e. The molecule has 0 radical (unpaired) electrons. The third-order valence-electron chi connectivity index (χ3n) is 2.30. The fraction of sp³-hybridized carbons (Fsp3) is 0.667. The van der Waals surface area contributed by atoms with E-state index in [4.69, 9.17) is 4.74 Å². The minimum atomic E-state index is -0.430. The molecular formula is C9H14O2. The summed E-state index contributed by atoms with van der Waals surface area (Å²) >= 11 is 0. The first-order chi connectivity index (χ1) is 5.12. The summed E-state index contributed by atoms with van der Waals surface area (Å²) in [6.07, 6.45) is 3.47. The fourth-order valence-electron chi connectivity index (χ4n) is 1.28. The van der Waals surface area contributed by atoms with Crippen LogP contribution in [0.3, 0.4) is 0 Å². The van der Waals surface area contributed by atoms with Crippen LogP contribution in [-0.4, -0.2) is 12.1 Å². The lowest BCUT2D eigenvalue weighted by molar-refractivity contribution is -0.146. The number of carbonyl (C=O) groups is 1.